The molecule has 1 fully saturated rings. The van der Waals surface area contributed by atoms with Crippen LogP contribution in [0.1, 0.15) is 36.8 Å². The maximum atomic E-state index is 5.91. The molecule has 1 saturated carbocycles. The molecule has 0 bridgehead atoms. The lowest BCUT2D eigenvalue weighted by Crippen LogP contribution is -2.43. The summed E-state index contributed by atoms with van der Waals surface area (Å²) in [5.41, 5.74) is 9.70. The second-order valence-corrected chi connectivity index (χ2v) is 5.93. The van der Waals surface area contributed by atoms with Crippen molar-refractivity contribution in [3.05, 3.63) is 29.3 Å². The topological polar surface area (TPSA) is 38.5 Å². The van der Waals surface area contributed by atoms with E-state index in [1.165, 1.54) is 43.4 Å². The van der Waals surface area contributed by atoms with E-state index in [0.717, 1.165) is 18.7 Å². The Bertz CT molecular complexity index is 446. The van der Waals surface area contributed by atoms with E-state index in [-0.39, 0.29) is 0 Å². The smallest absolute Gasteiger partial charge is 0.0586 e. The molecular weight excluding hydrogens is 236 g/mol. The molecule has 1 aromatic rings. The van der Waals surface area contributed by atoms with Gasteiger partial charge in [-0.3, -0.25) is 4.90 Å². The van der Waals surface area contributed by atoms with Crippen LogP contribution in [0.25, 0.3) is 0 Å². The van der Waals surface area contributed by atoms with Crippen molar-refractivity contribution in [2.24, 2.45) is 0 Å². The molecule has 3 rings (SSSR count). The highest BCUT2D eigenvalue weighted by Crippen LogP contribution is 2.29. The van der Waals surface area contributed by atoms with E-state index >= 15 is 0 Å². The molecule has 0 aromatic heterocycles. The van der Waals surface area contributed by atoms with Crippen molar-refractivity contribution < 1.29 is 4.74 Å². The lowest BCUT2D eigenvalue weighted by Gasteiger charge is -2.39. The highest BCUT2D eigenvalue weighted by molar-refractivity contribution is 5.45. The molecule has 3 heteroatoms. The average Bonchev–Trinajstić information content (AvgIpc) is 2.46. The Labute approximate surface area is 115 Å². The van der Waals surface area contributed by atoms with Gasteiger partial charge in [0.15, 0.2) is 0 Å². The maximum Gasteiger partial charge on any atom is 0.0586 e. The van der Waals surface area contributed by atoms with Crippen molar-refractivity contribution in [2.45, 2.75) is 50.8 Å². The summed E-state index contributed by atoms with van der Waals surface area (Å²) in [6.07, 6.45) is 6.64. The van der Waals surface area contributed by atoms with E-state index in [0.29, 0.717) is 12.1 Å². The number of anilines is 1. The van der Waals surface area contributed by atoms with E-state index < -0.39 is 0 Å². The monoisotopic (exact) mass is 260 g/mol. The summed E-state index contributed by atoms with van der Waals surface area (Å²) < 4.78 is 5.55. The van der Waals surface area contributed by atoms with Gasteiger partial charge >= 0.3 is 0 Å². The van der Waals surface area contributed by atoms with Crippen molar-refractivity contribution in [1.82, 2.24) is 4.90 Å². The number of hydrogen-bond donors (Lipinski definition) is 1. The van der Waals surface area contributed by atoms with Gasteiger partial charge in [-0.1, -0.05) is 6.07 Å². The first kappa shape index (κ1) is 12.9. The SMILES string of the molecule is COC1CCCC(N2CCc3ccc(N)cc3C2)C1. The molecule has 2 unspecified atom stereocenters. The van der Waals surface area contributed by atoms with E-state index in [2.05, 4.69) is 17.0 Å². The first-order chi connectivity index (χ1) is 9.26. The number of hydrogen-bond acceptors (Lipinski definition) is 3. The van der Waals surface area contributed by atoms with Gasteiger partial charge < -0.3 is 10.5 Å². The summed E-state index contributed by atoms with van der Waals surface area (Å²) in [7, 11) is 1.85. The van der Waals surface area contributed by atoms with E-state index in [1.54, 1.807) is 0 Å². The van der Waals surface area contributed by atoms with Gasteiger partial charge in [-0.25, -0.2) is 0 Å². The summed E-state index contributed by atoms with van der Waals surface area (Å²) in [4.78, 5) is 2.63. The number of ether oxygens (including phenoxy) is 1. The molecule has 0 amide bonds. The molecule has 1 aliphatic heterocycles. The van der Waals surface area contributed by atoms with Crippen molar-refractivity contribution in [1.29, 1.82) is 0 Å². The Morgan fingerprint density at radius 3 is 3.00 bits per heavy atom. The number of benzene rings is 1. The zero-order valence-corrected chi connectivity index (χ0v) is 11.8. The predicted molar refractivity (Wildman–Crippen MR) is 78.0 cm³/mol. The number of nitrogens with zero attached hydrogens (tertiary/aromatic N) is 1. The van der Waals surface area contributed by atoms with Gasteiger partial charge in [0.2, 0.25) is 0 Å². The molecule has 0 saturated heterocycles. The minimum Gasteiger partial charge on any atom is -0.399 e. The van der Waals surface area contributed by atoms with Gasteiger partial charge in [0.05, 0.1) is 6.10 Å². The van der Waals surface area contributed by atoms with Crippen LogP contribution in [0.15, 0.2) is 18.2 Å². The zero-order valence-electron chi connectivity index (χ0n) is 11.8. The van der Waals surface area contributed by atoms with Crippen LogP contribution in [-0.4, -0.2) is 30.7 Å². The summed E-state index contributed by atoms with van der Waals surface area (Å²) in [6, 6.07) is 7.06. The van der Waals surface area contributed by atoms with Gasteiger partial charge in [-0.05, 0) is 55.4 Å². The number of nitrogens with two attached hydrogens (primary N) is 1. The van der Waals surface area contributed by atoms with Crippen LogP contribution in [0, 0.1) is 0 Å². The minimum atomic E-state index is 0.459. The molecule has 2 aliphatic rings. The van der Waals surface area contributed by atoms with Crippen molar-refractivity contribution in [3.8, 4) is 0 Å². The Morgan fingerprint density at radius 1 is 1.26 bits per heavy atom. The highest BCUT2D eigenvalue weighted by Gasteiger charge is 2.28. The first-order valence-electron chi connectivity index (χ1n) is 7.40. The van der Waals surface area contributed by atoms with Crippen LogP contribution in [0.3, 0.4) is 0 Å². The Hall–Kier alpha value is -1.06. The first-order valence-corrected chi connectivity index (χ1v) is 7.40. The van der Waals surface area contributed by atoms with Gasteiger partial charge in [0, 0.05) is 31.9 Å². The summed E-state index contributed by atoms with van der Waals surface area (Å²) in [5, 5.41) is 0. The second kappa shape index (κ2) is 5.51. The van der Waals surface area contributed by atoms with Crippen LogP contribution in [0.5, 0.6) is 0 Å². The number of fused-ring (bicyclic) bond motifs is 1. The lowest BCUT2D eigenvalue weighted by molar-refractivity contribution is 0.0240. The Kier molecular flexibility index (Phi) is 3.76. The Morgan fingerprint density at radius 2 is 2.16 bits per heavy atom. The van der Waals surface area contributed by atoms with Gasteiger partial charge in [0.25, 0.3) is 0 Å². The highest BCUT2D eigenvalue weighted by atomic mass is 16.5. The number of rotatable bonds is 2. The van der Waals surface area contributed by atoms with E-state index in [4.69, 9.17) is 10.5 Å². The van der Waals surface area contributed by atoms with Crippen LogP contribution in [0.4, 0.5) is 5.69 Å². The van der Waals surface area contributed by atoms with Crippen LogP contribution in [-0.2, 0) is 17.7 Å². The van der Waals surface area contributed by atoms with E-state index in [1.807, 2.05) is 13.2 Å². The molecule has 19 heavy (non-hydrogen) atoms. The number of nitrogen functional groups attached to an aromatic ring is 1. The van der Waals surface area contributed by atoms with Gasteiger partial charge in [-0.2, -0.15) is 0 Å². The summed E-state index contributed by atoms with van der Waals surface area (Å²) >= 11 is 0. The van der Waals surface area contributed by atoms with Gasteiger partial charge in [-0.15, -0.1) is 0 Å². The summed E-state index contributed by atoms with van der Waals surface area (Å²) in [6.45, 7) is 2.24. The molecule has 2 atom stereocenters. The molecule has 2 N–H and O–H groups in total. The van der Waals surface area contributed by atoms with Crippen molar-refractivity contribution in [3.63, 3.8) is 0 Å². The predicted octanol–water partition coefficient (Wildman–Crippen LogP) is 2.58. The van der Waals surface area contributed by atoms with Crippen molar-refractivity contribution in [2.75, 3.05) is 19.4 Å². The fourth-order valence-electron chi connectivity index (χ4n) is 3.58. The van der Waals surface area contributed by atoms with Gasteiger partial charge in [0.1, 0.15) is 0 Å². The van der Waals surface area contributed by atoms with Crippen molar-refractivity contribution >= 4 is 5.69 Å². The van der Waals surface area contributed by atoms with Crippen LogP contribution >= 0.6 is 0 Å². The third-order valence-electron chi connectivity index (χ3n) is 4.72. The molecule has 1 heterocycles. The average molecular weight is 260 g/mol. The fourth-order valence-corrected chi connectivity index (χ4v) is 3.58. The molecule has 104 valence electrons. The lowest BCUT2D eigenvalue weighted by atomic mass is 9.89. The van der Waals surface area contributed by atoms with E-state index in [9.17, 15) is 0 Å². The normalized spacial score (nSPS) is 28.1. The van der Waals surface area contributed by atoms with Crippen LogP contribution < -0.4 is 5.73 Å². The number of methoxy groups -OCH3 is 1. The fraction of sp³-hybridized carbons (Fsp3) is 0.625. The van der Waals surface area contributed by atoms with Crippen LogP contribution in [0.2, 0.25) is 0 Å². The zero-order chi connectivity index (χ0) is 13.2. The molecule has 0 spiro atoms. The molecule has 0 radical (unpaired) electrons. The summed E-state index contributed by atoms with van der Waals surface area (Å²) in [5.74, 6) is 0. The Balaban J connectivity index is 1.71. The molecule has 1 aliphatic carbocycles. The second-order valence-electron chi connectivity index (χ2n) is 5.93. The molecule has 1 aromatic carbocycles. The standard InChI is InChI=1S/C16H24N2O/c1-19-16-4-2-3-15(10-16)18-8-7-12-5-6-14(17)9-13(12)11-18/h5-6,9,15-16H,2-4,7-8,10-11,17H2,1H3. The third kappa shape index (κ3) is 2.77. The molecule has 3 nitrogen and oxygen atoms in total. The quantitative estimate of drug-likeness (QED) is 0.831. The largest absolute Gasteiger partial charge is 0.399 e. The maximum absolute atomic E-state index is 5.91. The minimum absolute atomic E-state index is 0.459. The molecular formula is C16H24N2O. The third-order valence-corrected chi connectivity index (χ3v) is 4.72.